The second kappa shape index (κ2) is 5.42. The summed E-state index contributed by atoms with van der Waals surface area (Å²) in [5.41, 5.74) is 6.58. The van der Waals surface area contributed by atoms with Gasteiger partial charge < -0.3 is 5.73 Å². The predicted octanol–water partition coefficient (Wildman–Crippen LogP) is 2.62. The minimum Gasteiger partial charge on any atom is -0.329 e. The summed E-state index contributed by atoms with van der Waals surface area (Å²) in [5, 5.41) is 4.14. The Morgan fingerprint density at radius 3 is 2.80 bits per heavy atom. The summed E-state index contributed by atoms with van der Waals surface area (Å²) >= 11 is 1.67. The molecule has 1 unspecified atom stereocenters. The maximum Gasteiger partial charge on any atom is 0.140 e. The van der Waals surface area contributed by atoms with Crippen molar-refractivity contribution in [3.63, 3.8) is 0 Å². The molecule has 0 spiro atoms. The molecular weight excluding hydrogens is 206 g/mol. The molecule has 1 aromatic heterocycles. The molecule has 0 aliphatic carbocycles. The van der Waals surface area contributed by atoms with E-state index in [-0.39, 0.29) is 5.41 Å². The van der Waals surface area contributed by atoms with E-state index in [1.165, 1.54) is 5.56 Å². The molecule has 2 nitrogen and oxygen atoms in total. The summed E-state index contributed by atoms with van der Waals surface area (Å²) < 4.78 is 0. The van der Waals surface area contributed by atoms with Gasteiger partial charge in [-0.15, -0.1) is 0 Å². The van der Waals surface area contributed by atoms with Crippen LogP contribution in [0.2, 0.25) is 0 Å². The fourth-order valence-electron chi connectivity index (χ4n) is 1.45. The molecule has 0 saturated heterocycles. The fourth-order valence-corrected chi connectivity index (χ4v) is 2.15. The lowest BCUT2D eigenvalue weighted by Crippen LogP contribution is -2.35. The average molecular weight is 225 g/mol. The van der Waals surface area contributed by atoms with Crippen LogP contribution in [-0.2, 0) is 11.2 Å². The van der Waals surface area contributed by atoms with Gasteiger partial charge >= 0.3 is 0 Å². The van der Waals surface area contributed by atoms with Crippen molar-refractivity contribution in [3.8, 4) is 0 Å². The lowest BCUT2D eigenvalue weighted by Gasteiger charge is -2.24. The first kappa shape index (κ1) is 12.4. The Morgan fingerprint density at radius 2 is 2.33 bits per heavy atom. The van der Waals surface area contributed by atoms with Crippen molar-refractivity contribution in [2.45, 2.75) is 33.1 Å². The fraction of sp³-hybridized carbons (Fsp3) is 0.583. The predicted molar refractivity (Wildman–Crippen MR) is 65.1 cm³/mol. The van der Waals surface area contributed by atoms with E-state index in [4.69, 9.17) is 5.73 Å². The van der Waals surface area contributed by atoms with Crippen molar-refractivity contribution < 1.29 is 4.79 Å². The van der Waals surface area contributed by atoms with E-state index in [1.807, 2.05) is 19.2 Å². The molecule has 0 aliphatic rings. The third-order valence-electron chi connectivity index (χ3n) is 3.12. The van der Waals surface area contributed by atoms with Gasteiger partial charge in [-0.05, 0) is 35.2 Å². The van der Waals surface area contributed by atoms with Crippen LogP contribution in [0.1, 0.15) is 32.3 Å². The highest BCUT2D eigenvalue weighted by molar-refractivity contribution is 7.07. The lowest BCUT2D eigenvalue weighted by atomic mass is 9.81. The molecule has 0 aromatic carbocycles. The molecular formula is C12H19NOS. The molecule has 1 heterocycles. The summed E-state index contributed by atoms with van der Waals surface area (Å²) in [6.45, 7) is 4.43. The van der Waals surface area contributed by atoms with Crippen LogP contribution in [0.4, 0.5) is 0 Å². The van der Waals surface area contributed by atoms with Crippen LogP contribution in [0, 0.1) is 5.41 Å². The van der Waals surface area contributed by atoms with Gasteiger partial charge in [-0.3, -0.25) is 4.79 Å². The first-order valence-electron chi connectivity index (χ1n) is 5.37. The molecule has 1 rings (SSSR count). The average Bonchev–Trinajstić information content (AvgIpc) is 2.77. The number of ketones is 1. The van der Waals surface area contributed by atoms with Crippen molar-refractivity contribution in [2.24, 2.45) is 11.1 Å². The lowest BCUT2D eigenvalue weighted by molar-refractivity contribution is -0.127. The Bertz CT molecular complexity index is 301. The molecule has 1 atom stereocenters. The van der Waals surface area contributed by atoms with Crippen molar-refractivity contribution in [1.29, 1.82) is 0 Å². The van der Waals surface area contributed by atoms with Gasteiger partial charge in [0.2, 0.25) is 0 Å². The van der Waals surface area contributed by atoms with Crippen LogP contribution in [0.5, 0.6) is 0 Å². The van der Waals surface area contributed by atoms with E-state index < -0.39 is 0 Å². The Hall–Kier alpha value is -0.670. The molecule has 0 saturated carbocycles. The van der Waals surface area contributed by atoms with E-state index >= 15 is 0 Å². The number of Topliss-reactive ketones (excluding diaryl/α,β-unsaturated/α-hetero) is 1. The first-order chi connectivity index (χ1) is 7.12. The van der Waals surface area contributed by atoms with Crippen molar-refractivity contribution in [2.75, 3.05) is 6.54 Å². The van der Waals surface area contributed by atoms with E-state index in [1.54, 1.807) is 11.3 Å². The maximum atomic E-state index is 11.9. The van der Waals surface area contributed by atoms with Crippen LogP contribution in [0.25, 0.3) is 0 Å². The number of rotatable bonds is 6. The molecule has 0 aliphatic heterocycles. The van der Waals surface area contributed by atoms with Crippen LogP contribution < -0.4 is 5.73 Å². The number of nitrogens with two attached hydrogens (primary N) is 1. The minimum absolute atomic E-state index is 0.290. The number of thiophene rings is 1. The minimum atomic E-state index is -0.323. The van der Waals surface area contributed by atoms with Crippen molar-refractivity contribution >= 4 is 17.1 Å². The smallest absolute Gasteiger partial charge is 0.140 e. The van der Waals surface area contributed by atoms with Crippen LogP contribution in [-0.4, -0.2) is 12.3 Å². The van der Waals surface area contributed by atoms with Gasteiger partial charge in [0.05, 0.1) is 0 Å². The van der Waals surface area contributed by atoms with E-state index in [0.717, 1.165) is 12.8 Å². The molecule has 1 aromatic rings. The van der Waals surface area contributed by atoms with Crippen LogP contribution in [0.3, 0.4) is 0 Å². The molecule has 0 bridgehead atoms. The van der Waals surface area contributed by atoms with E-state index in [9.17, 15) is 4.79 Å². The zero-order valence-corrected chi connectivity index (χ0v) is 10.3. The molecule has 0 radical (unpaired) electrons. The largest absolute Gasteiger partial charge is 0.329 e. The topological polar surface area (TPSA) is 43.1 Å². The second-order valence-corrected chi connectivity index (χ2v) is 4.95. The van der Waals surface area contributed by atoms with Gasteiger partial charge in [-0.1, -0.05) is 13.8 Å². The quantitative estimate of drug-likeness (QED) is 0.808. The zero-order valence-electron chi connectivity index (χ0n) is 9.45. The normalized spacial score (nSPS) is 14.9. The third-order valence-corrected chi connectivity index (χ3v) is 3.86. The van der Waals surface area contributed by atoms with Crippen molar-refractivity contribution in [3.05, 3.63) is 22.4 Å². The maximum absolute atomic E-state index is 11.9. The highest BCUT2D eigenvalue weighted by Crippen LogP contribution is 2.23. The highest BCUT2D eigenvalue weighted by atomic mass is 32.1. The standard InChI is InChI=1S/C12H19NOS/c1-3-12(2,9-13)11(14)5-4-10-6-7-15-8-10/h6-8H,3-5,9,13H2,1-2H3. The van der Waals surface area contributed by atoms with Gasteiger partial charge in [0.1, 0.15) is 5.78 Å². The van der Waals surface area contributed by atoms with Crippen LogP contribution >= 0.6 is 11.3 Å². The van der Waals surface area contributed by atoms with Gasteiger partial charge in [-0.25, -0.2) is 0 Å². The van der Waals surface area contributed by atoms with Crippen molar-refractivity contribution in [1.82, 2.24) is 0 Å². The monoisotopic (exact) mass is 225 g/mol. The zero-order chi connectivity index (χ0) is 11.3. The van der Waals surface area contributed by atoms with Gasteiger partial charge in [-0.2, -0.15) is 11.3 Å². The van der Waals surface area contributed by atoms with E-state index in [2.05, 4.69) is 11.4 Å². The summed E-state index contributed by atoms with van der Waals surface area (Å²) in [6, 6.07) is 2.07. The molecule has 2 N–H and O–H groups in total. The number of hydrogen-bond donors (Lipinski definition) is 1. The third kappa shape index (κ3) is 3.14. The Kier molecular flexibility index (Phi) is 4.48. The molecule has 0 fully saturated rings. The molecule has 0 amide bonds. The van der Waals surface area contributed by atoms with Gasteiger partial charge in [0.15, 0.2) is 0 Å². The van der Waals surface area contributed by atoms with Crippen LogP contribution in [0.15, 0.2) is 16.8 Å². The van der Waals surface area contributed by atoms with Gasteiger partial charge in [0.25, 0.3) is 0 Å². The highest BCUT2D eigenvalue weighted by Gasteiger charge is 2.28. The summed E-state index contributed by atoms with van der Waals surface area (Å²) in [7, 11) is 0. The molecule has 3 heteroatoms. The summed E-state index contributed by atoms with van der Waals surface area (Å²) in [4.78, 5) is 11.9. The molecule has 84 valence electrons. The first-order valence-corrected chi connectivity index (χ1v) is 6.31. The number of carbonyl (C=O) groups is 1. The Morgan fingerprint density at radius 1 is 1.60 bits per heavy atom. The summed E-state index contributed by atoms with van der Waals surface area (Å²) in [5.74, 6) is 0.290. The summed E-state index contributed by atoms with van der Waals surface area (Å²) in [6.07, 6.45) is 2.28. The molecule has 15 heavy (non-hydrogen) atoms. The Balaban J connectivity index is 2.48. The number of aryl methyl sites for hydroxylation is 1. The SMILES string of the molecule is CCC(C)(CN)C(=O)CCc1ccsc1. The van der Waals surface area contributed by atoms with Gasteiger partial charge in [0, 0.05) is 18.4 Å². The Labute approximate surface area is 95.5 Å². The number of carbonyl (C=O) groups excluding carboxylic acids is 1. The number of hydrogen-bond acceptors (Lipinski definition) is 3. The second-order valence-electron chi connectivity index (χ2n) is 4.17. The van der Waals surface area contributed by atoms with E-state index in [0.29, 0.717) is 18.7 Å².